The van der Waals surface area contributed by atoms with Crippen LogP contribution >= 0.6 is 34.8 Å². The van der Waals surface area contributed by atoms with E-state index in [4.69, 9.17) is 34.8 Å². The zero-order valence-electron chi connectivity index (χ0n) is 6.26. The van der Waals surface area contributed by atoms with Crippen molar-refractivity contribution in [2.75, 3.05) is 0 Å². The predicted octanol–water partition coefficient (Wildman–Crippen LogP) is 4.34. The molecule has 0 aliphatic carbocycles. The molecule has 0 aliphatic rings. The molecule has 0 fully saturated rings. The average Bonchev–Trinajstić information content (AvgIpc) is 1.77. The van der Waals surface area contributed by atoms with Gasteiger partial charge in [-0.25, -0.2) is 0 Å². The molecule has 74 valence electrons. The van der Waals surface area contributed by atoms with E-state index in [0.717, 1.165) is 0 Å². The quantitative estimate of drug-likeness (QED) is 0.633. The van der Waals surface area contributed by atoms with Gasteiger partial charge >= 0.3 is 6.18 Å². The minimum Gasteiger partial charge on any atom is -0.171 e. The molecule has 0 nitrogen and oxygen atoms in total. The molecular formula is C6H8Cl3F3. The van der Waals surface area contributed by atoms with Crippen molar-refractivity contribution in [1.29, 1.82) is 0 Å². The fourth-order valence-corrected chi connectivity index (χ4v) is 1.50. The normalized spacial score (nSPS) is 16.2. The maximum absolute atomic E-state index is 12.1. The van der Waals surface area contributed by atoms with Crippen molar-refractivity contribution in [3.63, 3.8) is 0 Å². The van der Waals surface area contributed by atoms with Crippen molar-refractivity contribution in [3.05, 3.63) is 0 Å². The summed E-state index contributed by atoms with van der Waals surface area (Å²) in [6.45, 7) is 1.61. The first-order chi connectivity index (χ1) is 5.19. The molecule has 0 amide bonds. The third kappa shape index (κ3) is 4.06. The average molecular weight is 243 g/mol. The topological polar surface area (TPSA) is 0 Å². The Morgan fingerprint density at radius 3 is 1.67 bits per heavy atom. The van der Waals surface area contributed by atoms with Gasteiger partial charge in [0.2, 0.25) is 3.79 Å². The van der Waals surface area contributed by atoms with E-state index in [0.29, 0.717) is 6.42 Å². The van der Waals surface area contributed by atoms with E-state index in [1.807, 2.05) is 0 Å². The summed E-state index contributed by atoms with van der Waals surface area (Å²) in [6.07, 6.45) is -4.28. The second-order valence-corrected chi connectivity index (χ2v) is 4.79. The Hall–Kier alpha value is 0.660. The largest absolute Gasteiger partial charge is 0.395 e. The molecule has 0 aromatic carbocycles. The zero-order valence-corrected chi connectivity index (χ0v) is 8.53. The molecule has 0 spiro atoms. The minimum absolute atomic E-state index is 0.167. The molecule has 6 heteroatoms. The number of halogens is 6. The molecule has 0 aromatic rings. The molecule has 1 unspecified atom stereocenters. The van der Waals surface area contributed by atoms with E-state index in [1.54, 1.807) is 6.92 Å². The molecular weight excluding hydrogens is 235 g/mol. The summed E-state index contributed by atoms with van der Waals surface area (Å²) in [4.78, 5) is 0. The van der Waals surface area contributed by atoms with Crippen LogP contribution < -0.4 is 0 Å². The maximum atomic E-state index is 12.1. The SMILES string of the molecule is CCCC(C(F)(F)F)C(Cl)(Cl)Cl. The number of alkyl halides is 6. The summed E-state index contributed by atoms with van der Waals surface area (Å²) in [6, 6.07) is 0. The van der Waals surface area contributed by atoms with Gasteiger partial charge in [-0.15, -0.1) is 0 Å². The van der Waals surface area contributed by atoms with Crippen molar-refractivity contribution >= 4 is 34.8 Å². The maximum Gasteiger partial charge on any atom is 0.395 e. The van der Waals surface area contributed by atoms with Crippen molar-refractivity contribution < 1.29 is 13.2 Å². The molecule has 0 saturated carbocycles. The van der Waals surface area contributed by atoms with Crippen LogP contribution in [0.3, 0.4) is 0 Å². The Morgan fingerprint density at radius 2 is 1.58 bits per heavy atom. The Balaban J connectivity index is 4.45. The van der Waals surface area contributed by atoms with Gasteiger partial charge in [0.25, 0.3) is 0 Å². The van der Waals surface area contributed by atoms with Gasteiger partial charge in [-0.2, -0.15) is 13.2 Å². The Kier molecular flexibility index (Phi) is 4.48. The minimum atomic E-state index is -4.44. The summed E-state index contributed by atoms with van der Waals surface area (Å²) >= 11 is 15.5. The highest BCUT2D eigenvalue weighted by atomic mass is 35.6. The Morgan fingerprint density at radius 1 is 1.17 bits per heavy atom. The van der Waals surface area contributed by atoms with E-state index in [9.17, 15) is 13.2 Å². The molecule has 0 saturated heterocycles. The second-order valence-electron chi connectivity index (χ2n) is 2.42. The van der Waals surface area contributed by atoms with Gasteiger partial charge in [0, 0.05) is 0 Å². The van der Waals surface area contributed by atoms with E-state index in [2.05, 4.69) is 0 Å². The van der Waals surface area contributed by atoms with Crippen LogP contribution in [0.2, 0.25) is 0 Å². The lowest BCUT2D eigenvalue weighted by molar-refractivity contribution is -0.175. The van der Waals surface area contributed by atoms with Gasteiger partial charge in [0.05, 0.1) is 0 Å². The van der Waals surface area contributed by atoms with Gasteiger partial charge in [-0.1, -0.05) is 48.1 Å². The van der Waals surface area contributed by atoms with Gasteiger partial charge in [0.15, 0.2) is 0 Å². The molecule has 0 bridgehead atoms. The lowest BCUT2D eigenvalue weighted by atomic mass is 10.1. The highest BCUT2D eigenvalue weighted by Crippen LogP contribution is 2.46. The predicted molar refractivity (Wildman–Crippen MR) is 44.7 cm³/mol. The summed E-state index contributed by atoms with van der Waals surface area (Å²) in [7, 11) is 0. The Bertz CT molecular complexity index is 124. The molecule has 12 heavy (non-hydrogen) atoms. The van der Waals surface area contributed by atoms with Crippen LogP contribution in [0.15, 0.2) is 0 Å². The number of rotatable bonds is 2. The van der Waals surface area contributed by atoms with Crippen LogP contribution in [0, 0.1) is 5.92 Å². The van der Waals surface area contributed by atoms with Crippen molar-refractivity contribution in [2.24, 2.45) is 5.92 Å². The lowest BCUT2D eigenvalue weighted by Crippen LogP contribution is -2.33. The lowest BCUT2D eigenvalue weighted by Gasteiger charge is -2.26. The third-order valence-corrected chi connectivity index (χ3v) is 2.16. The summed E-state index contributed by atoms with van der Waals surface area (Å²) in [5.41, 5.74) is 0. The smallest absolute Gasteiger partial charge is 0.171 e. The first-order valence-electron chi connectivity index (χ1n) is 3.33. The van der Waals surface area contributed by atoms with Crippen LogP contribution in [0.25, 0.3) is 0 Å². The monoisotopic (exact) mass is 242 g/mol. The highest BCUT2D eigenvalue weighted by molar-refractivity contribution is 6.67. The fraction of sp³-hybridized carbons (Fsp3) is 1.00. The molecule has 0 heterocycles. The van der Waals surface area contributed by atoms with Gasteiger partial charge in [-0.3, -0.25) is 0 Å². The third-order valence-electron chi connectivity index (χ3n) is 1.37. The first-order valence-corrected chi connectivity index (χ1v) is 4.46. The van der Waals surface area contributed by atoms with E-state index < -0.39 is 15.9 Å². The molecule has 0 N–H and O–H groups in total. The molecule has 0 radical (unpaired) electrons. The van der Waals surface area contributed by atoms with Crippen LogP contribution in [-0.4, -0.2) is 9.97 Å². The van der Waals surface area contributed by atoms with Crippen LogP contribution in [0.4, 0.5) is 13.2 Å². The van der Waals surface area contributed by atoms with Gasteiger partial charge in [0.1, 0.15) is 5.92 Å². The van der Waals surface area contributed by atoms with Crippen molar-refractivity contribution in [3.8, 4) is 0 Å². The summed E-state index contributed by atoms with van der Waals surface area (Å²) in [5, 5.41) is 0. The van der Waals surface area contributed by atoms with Crippen LogP contribution in [0.1, 0.15) is 19.8 Å². The first kappa shape index (κ1) is 12.7. The van der Waals surface area contributed by atoms with Crippen molar-refractivity contribution in [2.45, 2.75) is 29.7 Å². The Labute approximate surface area is 84.0 Å². The molecule has 1 atom stereocenters. The van der Waals surface area contributed by atoms with Crippen molar-refractivity contribution in [1.82, 2.24) is 0 Å². The van der Waals surface area contributed by atoms with E-state index >= 15 is 0 Å². The van der Waals surface area contributed by atoms with Crippen LogP contribution in [0.5, 0.6) is 0 Å². The van der Waals surface area contributed by atoms with E-state index in [-0.39, 0.29) is 6.42 Å². The number of hydrogen-bond donors (Lipinski definition) is 0. The molecule has 0 aliphatic heterocycles. The fourth-order valence-electron chi connectivity index (χ4n) is 0.802. The van der Waals surface area contributed by atoms with E-state index in [1.165, 1.54) is 0 Å². The highest BCUT2D eigenvalue weighted by Gasteiger charge is 2.50. The van der Waals surface area contributed by atoms with Crippen LogP contribution in [-0.2, 0) is 0 Å². The summed E-state index contributed by atoms with van der Waals surface area (Å²) < 4.78 is 34.2. The molecule has 0 rings (SSSR count). The second kappa shape index (κ2) is 4.25. The van der Waals surface area contributed by atoms with Gasteiger partial charge in [-0.05, 0) is 6.42 Å². The standard InChI is InChI=1S/C6H8Cl3F3/c1-2-3-4(5(7,8)9)6(10,11)12/h4H,2-3H2,1H3. The van der Waals surface area contributed by atoms with Gasteiger partial charge < -0.3 is 0 Å². The number of hydrogen-bond acceptors (Lipinski definition) is 0. The molecule has 0 aromatic heterocycles. The zero-order chi connectivity index (χ0) is 9.99. The summed E-state index contributed by atoms with van der Waals surface area (Å²) in [5.74, 6) is -1.88.